The Hall–Kier alpha value is -3.70. The molecule has 0 fully saturated rings. The lowest BCUT2D eigenvalue weighted by molar-refractivity contribution is 0.107. The van der Waals surface area contributed by atoms with Crippen LogP contribution in [-0.4, -0.2) is 28.0 Å². The molecule has 0 aromatic heterocycles. The largest absolute Gasteiger partial charge is 0.333 e. The zero-order valence-corrected chi connectivity index (χ0v) is 21.8. The topological polar surface area (TPSA) is 139 Å². The number of aryl methyl sites for hydroxylation is 1. The van der Waals surface area contributed by atoms with Crippen molar-refractivity contribution < 1.29 is 26.4 Å². The maximum absolute atomic E-state index is 12.8. The Balaban J connectivity index is 1.77. The second-order valence-electron chi connectivity index (χ2n) is 9.14. The number of sulfonamides is 2. The fourth-order valence-corrected chi connectivity index (χ4v) is 5.09. The second-order valence-corrected chi connectivity index (χ2v) is 12.4. The molecule has 0 radical (unpaired) electrons. The van der Waals surface area contributed by atoms with Crippen LogP contribution in [0, 0.1) is 6.92 Å². The van der Waals surface area contributed by atoms with Gasteiger partial charge in [-0.25, -0.2) is 17.9 Å². The minimum absolute atomic E-state index is 0.0251. The van der Waals surface area contributed by atoms with E-state index >= 15 is 0 Å². The number of para-hydroxylation sites is 2. The number of rotatable bonds is 6. The Bertz CT molecular complexity index is 1490. The van der Waals surface area contributed by atoms with Crippen LogP contribution < -0.4 is 14.8 Å². The average Bonchev–Trinajstić information content (AvgIpc) is 2.79. The van der Waals surface area contributed by atoms with E-state index in [4.69, 9.17) is 0 Å². The lowest BCUT2D eigenvalue weighted by atomic mass is 9.87. The molecular formula is C25H27N3O6S2. The summed E-state index contributed by atoms with van der Waals surface area (Å²) in [6, 6.07) is 16.7. The van der Waals surface area contributed by atoms with E-state index in [0.29, 0.717) is 0 Å². The number of carbonyl (C=O) groups is 2. The Morgan fingerprint density at radius 2 is 1.31 bits per heavy atom. The minimum atomic E-state index is -4.53. The van der Waals surface area contributed by atoms with Crippen LogP contribution in [0.25, 0.3) is 0 Å². The van der Waals surface area contributed by atoms with E-state index in [0.717, 1.165) is 11.1 Å². The molecule has 36 heavy (non-hydrogen) atoms. The quantitative estimate of drug-likeness (QED) is 0.433. The van der Waals surface area contributed by atoms with Crippen molar-refractivity contribution in [2.24, 2.45) is 0 Å². The summed E-state index contributed by atoms with van der Waals surface area (Å²) in [6.07, 6.45) is 0. The third kappa shape index (κ3) is 6.49. The number of benzene rings is 3. The molecule has 3 aromatic carbocycles. The molecule has 0 heterocycles. The summed E-state index contributed by atoms with van der Waals surface area (Å²) < 4.78 is 54.5. The second kappa shape index (κ2) is 10.1. The van der Waals surface area contributed by atoms with Gasteiger partial charge in [-0.2, -0.15) is 8.42 Å². The summed E-state index contributed by atoms with van der Waals surface area (Å²) in [5.74, 6) is 0. The van der Waals surface area contributed by atoms with Crippen molar-refractivity contribution in [1.82, 2.24) is 4.72 Å². The van der Waals surface area contributed by atoms with Crippen molar-refractivity contribution in [3.63, 3.8) is 0 Å². The molecule has 190 valence electrons. The maximum atomic E-state index is 12.8. The minimum Gasteiger partial charge on any atom is -0.305 e. The molecule has 0 unspecified atom stereocenters. The van der Waals surface area contributed by atoms with E-state index in [1.165, 1.54) is 48.5 Å². The number of nitrogens with one attached hydrogen (secondary N) is 3. The van der Waals surface area contributed by atoms with Crippen LogP contribution in [0.1, 0.15) is 42.3 Å². The van der Waals surface area contributed by atoms with Gasteiger partial charge in [-0.3, -0.25) is 9.52 Å². The number of hydrogen-bond donors (Lipinski definition) is 3. The first-order chi connectivity index (χ1) is 16.7. The molecule has 0 saturated carbocycles. The molecule has 9 nitrogen and oxygen atoms in total. The Morgan fingerprint density at radius 1 is 0.750 bits per heavy atom. The van der Waals surface area contributed by atoms with Gasteiger partial charge in [0.15, 0.2) is 0 Å². The highest BCUT2D eigenvalue weighted by Gasteiger charge is 2.26. The zero-order valence-electron chi connectivity index (χ0n) is 20.2. The van der Waals surface area contributed by atoms with E-state index in [1.54, 1.807) is 31.2 Å². The summed E-state index contributed by atoms with van der Waals surface area (Å²) in [5.41, 5.74) is 1.43. The zero-order chi connectivity index (χ0) is 26.7. The van der Waals surface area contributed by atoms with Gasteiger partial charge in [0.05, 0.1) is 16.3 Å². The molecule has 0 atom stereocenters. The Kier molecular flexibility index (Phi) is 7.56. The lowest BCUT2D eigenvalue weighted by Gasteiger charge is -2.19. The van der Waals surface area contributed by atoms with Crippen molar-refractivity contribution in [1.29, 1.82) is 0 Å². The summed E-state index contributed by atoms with van der Waals surface area (Å²) in [6.45, 7) is 7.77. The van der Waals surface area contributed by atoms with Crippen LogP contribution in [0.4, 0.5) is 16.2 Å². The molecule has 0 saturated heterocycles. The van der Waals surface area contributed by atoms with Gasteiger partial charge in [-0.05, 0) is 54.3 Å². The molecular weight excluding hydrogens is 502 g/mol. The van der Waals surface area contributed by atoms with Gasteiger partial charge in [0, 0.05) is 5.56 Å². The number of amides is 2. The SMILES string of the molecule is Cc1ccc(S(=O)(=O)NC(=O)Nc2ccccc2NS(=O)(=O)C(=O)c2ccc(C(C)(C)C)cc2)cc1. The van der Waals surface area contributed by atoms with Crippen LogP contribution in [0.15, 0.2) is 77.7 Å². The van der Waals surface area contributed by atoms with Gasteiger partial charge in [0.1, 0.15) is 0 Å². The first kappa shape index (κ1) is 26.9. The number of anilines is 2. The standard InChI is InChI=1S/C25H27N3O6S2/c1-17-9-15-20(16-10-17)35(31,32)28-24(30)26-21-7-5-6-8-22(21)27-36(33,34)23(29)18-11-13-19(14-12-18)25(2,3)4/h5-16,27H,1-4H3,(H2,26,28,30). The molecule has 3 aromatic rings. The maximum Gasteiger partial charge on any atom is 0.333 e. The molecule has 3 N–H and O–H groups in total. The van der Waals surface area contributed by atoms with E-state index in [9.17, 15) is 26.4 Å². The third-order valence-corrected chi connectivity index (χ3v) is 7.77. The van der Waals surface area contributed by atoms with Gasteiger partial charge in [0.2, 0.25) is 0 Å². The van der Waals surface area contributed by atoms with Crippen molar-refractivity contribution in [3.05, 3.63) is 89.5 Å². The summed E-state index contributed by atoms with van der Waals surface area (Å²) in [4.78, 5) is 25.0. The number of urea groups is 1. The molecule has 0 aliphatic carbocycles. The van der Waals surface area contributed by atoms with Gasteiger partial charge in [0.25, 0.3) is 15.1 Å². The molecule has 0 aliphatic heterocycles. The first-order valence-electron chi connectivity index (χ1n) is 10.9. The summed E-state index contributed by atoms with van der Waals surface area (Å²) >= 11 is 0. The monoisotopic (exact) mass is 529 g/mol. The van der Waals surface area contributed by atoms with Gasteiger partial charge < -0.3 is 5.32 Å². The van der Waals surface area contributed by atoms with Crippen LogP contribution >= 0.6 is 0 Å². The first-order valence-corrected chi connectivity index (χ1v) is 13.8. The Labute approximate surface area is 211 Å². The van der Waals surface area contributed by atoms with Crippen LogP contribution in [0.5, 0.6) is 0 Å². The predicted octanol–water partition coefficient (Wildman–Crippen LogP) is 4.39. The van der Waals surface area contributed by atoms with E-state index in [2.05, 4.69) is 10.0 Å². The Morgan fingerprint density at radius 3 is 1.86 bits per heavy atom. The fraction of sp³-hybridized carbons (Fsp3) is 0.200. The van der Waals surface area contributed by atoms with Crippen molar-refractivity contribution >= 4 is 42.6 Å². The summed E-state index contributed by atoms with van der Waals surface area (Å²) in [7, 11) is -8.70. The molecule has 3 rings (SSSR count). The highest BCUT2D eigenvalue weighted by molar-refractivity contribution is 8.07. The van der Waals surface area contributed by atoms with Crippen LogP contribution in [0.3, 0.4) is 0 Å². The van der Waals surface area contributed by atoms with Crippen LogP contribution in [-0.2, 0) is 25.5 Å². The van der Waals surface area contributed by atoms with E-state index in [1.807, 2.05) is 25.5 Å². The highest BCUT2D eigenvalue weighted by Crippen LogP contribution is 2.25. The molecule has 11 heteroatoms. The highest BCUT2D eigenvalue weighted by atomic mass is 32.2. The lowest BCUT2D eigenvalue weighted by Crippen LogP contribution is -2.34. The van der Waals surface area contributed by atoms with Gasteiger partial charge in [-0.1, -0.05) is 62.7 Å². The normalized spacial score (nSPS) is 12.0. The molecule has 0 spiro atoms. The number of carbonyl (C=O) groups excluding carboxylic acids is 2. The summed E-state index contributed by atoms with van der Waals surface area (Å²) in [5, 5.41) is 1.16. The number of hydrogen-bond acceptors (Lipinski definition) is 6. The molecule has 0 aliphatic rings. The molecule has 2 amide bonds. The van der Waals surface area contributed by atoms with Crippen molar-refractivity contribution in [3.8, 4) is 0 Å². The smallest absolute Gasteiger partial charge is 0.305 e. The third-order valence-electron chi connectivity index (χ3n) is 5.21. The van der Waals surface area contributed by atoms with E-state index < -0.39 is 31.2 Å². The average molecular weight is 530 g/mol. The van der Waals surface area contributed by atoms with Crippen LogP contribution in [0.2, 0.25) is 0 Å². The molecule has 0 bridgehead atoms. The fourth-order valence-electron chi connectivity index (χ4n) is 3.18. The van der Waals surface area contributed by atoms with E-state index in [-0.39, 0.29) is 27.2 Å². The van der Waals surface area contributed by atoms with Crippen molar-refractivity contribution in [2.45, 2.75) is 38.0 Å². The van der Waals surface area contributed by atoms with Gasteiger partial charge in [-0.15, -0.1) is 0 Å². The predicted molar refractivity (Wildman–Crippen MR) is 139 cm³/mol. The van der Waals surface area contributed by atoms with Crippen molar-refractivity contribution in [2.75, 3.05) is 10.0 Å². The van der Waals surface area contributed by atoms with Gasteiger partial charge >= 0.3 is 16.1 Å².